The van der Waals surface area contributed by atoms with Crippen LogP contribution in [0.2, 0.25) is 0 Å². The van der Waals surface area contributed by atoms with E-state index < -0.39 is 86.8 Å². The first kappa shape index (κ1) is 86.5. The van der Waals surface area contributed by atoms with Gasteiger partial charge >= 0.3 is 0 Å². The zero-order chi connectivity index (χ0) is 67.3. The Hall–Kier alpha value is -2.57. The minimum absolute atomic E-state index is 0.244. The second kappa shape index (κ2) is 62.9. The van der Waals surface area contributed by atoms with Crippen LogP contribution in [0.15, 0.2) is 72.9 Å². The fraction of sp³-hybridized carbons (Fsp3) is 0.835. The van der Waals surface area contributed by atoms with Crippen molar-refractivity contribution in [1.82, 2.24) is 5.32 Å². The molecule has 1 amide bonds. The number of hydrogen-bond acceptors (Lipinski definition) is 13. The minimum atomic E-state index is -1.79. The first-order valence-electron chi connectivity index (χ1n) is 38.7. The molecule has 2 fully saturated rings. The van der Waals surface area contributed by atoms with Gasteiger partial charge in [0.15, 0.2) is 12.6 Å². The predicted octanol–water partition coefficient (Wildman–Crippen LogP) is 17.0. The molecular weight excluding hydrogens is 1170 g/mol. The predicted molar refractivity (Wildman–Crippen MR) is 383 cm³/mol. The monoisotopic (exact) mass is 1310 g/mol. The summed E-state index contributed by atoms with van der Waals surface area (Å²) < 4.78 is 22.9. The molecule has 14 nitrogen and oxygen atoms in total. The lowest BCUT2D eigenvalue weighted by atomic mass is 9.97. The third-order valence-corrected chi connectivity index (χ3v) is 18.6. The van der Waals surface area contributed by atoms with Gasteiger partial charge in [-0.3, -0.25) is 4.79 Å². The van der Waals surface area contributed by atoms with Crippen LogP contribution in [0.1, 0.15) is 328 Å². The fourth-order valence-electron chi connectivity index (χ4n) is 12.5. The number of nitrogens with one attached hydrogen (secondary N) is 1. The summed E-state index contributed by atoms with van der Waals surface area (Å²) in [7, 11) is 0. The van der Waals surface area contributed by atoms with Gasteiger partial charge in [0.2, 0.25) is 5.91 Å². The van der Waals surface area contributed by atoms with Gasteiger partial charge in [-0.05, 0) is 70.6 Å². The SMILES string of the molecule is CC/C=C\C/C=C\C/C=C\C/C=C\CCCCCCCCCCCCCCCCCCCCCCCCCCC(=O)NC(COC1OC(CO)C(OC2OC(CO)C(O)C(O)C2O)C(O)C1O)C(O)/C=C/CC/C=C/CCCCCCCCCCCCCCCCCC. The normalized spacial score (nSPS) is 22.9. The lowest BCUT2D eigenvalue weighted by Gasteiger charge is -2.46. The number of amides is 1. The maximum atomic E-state index is 13.4. The highest BCUT2D eigenvalue weighted by Gasteiger charge is 2.51. The van der Waals surface area contributed by atoms with E-state index in [1.165, 1.54) is 238 Å². The molecule has 9 N–H and O–H groups in total. The Morgan fingerprint density at radius 1 is 0.398 bits per heavy atom. The number of rotatable bonds is 64. The van der Waals surface area contributed by atoms with E-state index in [2.05, 4.69) is 79.9 Å². The van der Waals surface area contributed by atoms with E-state index in [4.69, 9.17) is 18.9 Å². The third-order valence-electron chi connectivity index (χ3n) is 18.6. The smallest absolute Gasteiger partial charge is 0.220 e. The van der Waals surface area contributed by atoms with E-state index in [1.807, 2.05) is 6.08 Å². The van der Waals surface area contributed by atoms with Crippen LogP contribution in [-0.4, -0.2) is 140 Å². The molecule has 2 saturated heterocycles. The number of carbonyl (C=O) groups excluding carboxylic acids is 1. The van der Waals surface area contributed by atoms with E-state index in [0.29, 0.717) is 12.8 Å². The molecule has 2 heterocycles. The van der Waals surface area contributed by atoms with Crippen LogP contribution >= 0.6 is 0 Å². The number of aliphatic hydroxyl groups is 8. The van der Waals surface area contributed by atoms with Crippen molar-refractivity contribution in [2.45, 2.75) is 402 Å². The molecule has 0 radical (unpaired) electrons. The van der Waals surface area contributed by atoms with Crippen LogP contribution < -0.4 is 5.32 Å². The van der Waals surface area contributed by atoms with Crippen molar-refractivity contribution in [3.63, 3.8) is 0 Å². The average Bonchev–Trinajstić information content (AvgIpc) is 0.852. The topological polar surface area (TPSA) is 228 Å². The standard InChI is InChI=1S/C79H143NO13/c1-3-5-7-9-11-13-15-17-19-21-23-25-27-28-29-30-31-32-33-34-35-36-37-38-39-40-41-43-45-47-49-51-53-55-57-59-61-63-71(84)80-67(66-90-78-76(89)74(87)77(70(65-82)92-78)93-79-75(88)73(86)72(85)69(64-81)91-79)68(83)62-60-58-56-54-52-50-48-46-44-42-26-24-22-20-18-16-14-12-10-8-6-4-2/h5,7,11,13,17,19,23,25,52,54,60,62,67-70,72-79,81-83,85-89H,3-4,6,8-10,12,14-16,18,20-22,24,26-51,53,55-59,61,63-66H2,1-2H3,(H,80,84)/b7-5-,13-11-,19-17-,25-23-,54-52+,62-60+. The molecule has 0 aliphatic carbocycles. The van der Waals surface area contributed by atoms with Crippen LogP contribution in [-0.2, 0) is 23.7 Å². The number of unbranched alkanes of at least 4 members (excludes halogenated alkanes) is 41. The highest BCUT2D eigenvalue weighted by atomic mass is 16.7. The molecule has 0 bridgehead atoms. The first-order valence-corrected chi connectivity index (χ1v) is 38.7. The molecule has 0 aromatic rings. The van der Waals surface area contributed by atoms with E-state index in [9.17, 15) is 45.6 Å². The van der Waals surface area contributed by atoms with Crippen molar-refractivity contribution in [2.75, 3.05) is 19.8 Å². The maximum absolute atomic E-state index is 13.4. The molecule has 93 heavy (non-hydrogen) atoms. The molecule has 2 aliphatic rings. The van der Waals surface area contributed by atoms with Crippen molar-refractivity contribution in [1.29, 1.82) is 0 Å². The quantitative estimate of drug-likeness (QED) is 0.0204. The van der Waals surface area contributed by atoms with Gasteiger partial charge in [0.1, 0.15) is 48.8 Å². The molecule has 0 spiro atoms. The van der Waals surface area contributed by atoms with Gasteiger partial charge in [-0.1, -0.05) is 324 Å². The van der Waals surface area contributed by atoms with Crippen molar-refractivity contribution < 1.29 is 64.6 Å². The summed E-state index contributed by atoms with van der Waals surface area (Å²) in [6.45, 7) is 2.71. The summed E-state index contributed by atoms with van der Waals surface area (Å²) in [6.07, 6.45) is 69.9. The molecule has 0 aromatic heterocycles. The van der Waals surface area contributed by atoms with Crippen LogP contribution in [0.4, 0.5) is 0 Å². The third kappa shape index (κ3) is 46.4. The molecule has 2 aliphatic heterocycles. The summed E-state index contributed by atoms with van der Waals surface area (Å²) in [6, 6.07) is -0.933. The summed E-state index contributed by atoms with van der Waals surface area (Å²) >= 11 is 0. The van der Waals surface area contributed by atoms with Gasteiger partial charge in [-0.25, -0.2) is 0 Å². The zero-order valence-electron chi connectivity index (χ0n) is 59.2. The molecule has 12 unspecified atom stereocenters. The number of allylic oxidation sites excluding steroid dienone is 11. The fourth-order valence-corrected chi connectivity index (χ4v) is 12.5. The molecule has 12 atom stereocenters. The maximum Gasteiger partial charge on any atom is 0.220 e. The van der Waals surface area contributed by atoms with E-state index in [-0.39, 0.29) is 18.9 Å². The number of carbonyl (C=O) groups is 1. The molecule has 14 heteroatoms. The van der Waals surface area contributed by atoms with E-state index in [0.717, 1.165) is 57.8 Å². The summed E-state index contributed by atoms with van der Waals surface area (Å²) in [4.78, 5) is 13.4. The van der Waals surface area contributed by atoms with Crippen molar-refractivity contribution in [3.05, 3.63) is 72.9 Å². The van der Waals surface area contributed by atoms with Gasteiger partial charge in [-0.15, -0.1) is 0 Å². The Labute approximate surface area is 568 Å². The van der Waals surface area contributed by atoms with Crippen molar-refractivity contribution >= 4 is 5.91 Å². The lowest BCUT2D eigenvalue weighted by molar-refractivity contribution is -0.359. The second-order valence-electron chi connectivity index (χ2n) is 27.1. The zero-order valence-corrected chi connectivity index (χ0v) is 59.2. The van der Waals surface area contributed by atoms with E-state index >= 15 is 0 Å². The second-order valence-corrected chi connectivity index (χ2v) is 27.1. The molecule has 2 rings (SSSR count). The van der Waals surface area contributed by atoms with Crippen molar-refractivity contribution in [3.8, 4) is 0 Å². The Morgan fingerprint density at radius 2 is 0.753 bits per heavy atom. The summed E-state index contributed by atoms with van der Waals surface area (Å²) in [5, 5.41) is 87.5. The Morgan fingerprint density at radius 3 is 1.18 bits per heavy atom. The minimum Gasteiger partial charge on any atom is -0.394 e. The number of aliphatic hydroxyl groups excluding tert-OH is 8. The van der Waals surface area contributed by atoms with Crippen LogP contribution in [0.5, 0.6) is 0 Å². The molecular formula is C79H143NO13. The first-order chi connectivity index (χ1) is 45.6. The highest BCUT2D eigenvalue weighted by molar-refractivity contribution is 5.76. The Balaban J connectivity index is 1.60. The average molecular weight is 1320 g/mol. The lowest BCUT2D eigenvalue weighted by Crippen LogP contribution is -2.65. The largest absolute Gasteiger partial charge is 0.394 e. The van der Waals surface area contributed by atoms with Gasteiger partial charge in [0, 0.05) is 6.42 Å². The number of hydrogen-bond donors (Lipinski definition) is 9. The summed E-state index contributed by atoms with van der Waals surface area (Å²) in [5.74, 6) is -0.244. The van der Waals surface area contributed by atoms with Gasteiger partial charge < -0.3 is 65.1 Å². The van der Waals surface area contributed by atoms with Crippen LogP contribution in [0.3, 0.4) is 0 Å². The highest BCUT2D eigenvalue weighted by Crippen LogP contribution is 2.30. The molecule has 0 aromatic carbocycles. The molecule has 542 valence electrons. The van der Waals surface area contributed by atoms with Gasteiger partial charge in [-0.2, -0.15) is 0 Å². The van der Waals surface area contributed by atoms with Crippen LogP contribution in [0, 0.1) is 0 Å². The Bertz CT molecular complexity index is 1840. The van der Waals surface area contributed by atoms with Crippen LogP contribution in [0.25, 0.3) is 0 Å². The van der Waals surface area contributed by atoms with Gasteiger partial charge in [0.25, 0.3) is 0 Å². The van der Waals surface area contributed by atoms with E-state index in [1.54, 1.807) is 6.08 Å². The summed E-state index contributed by atoms with van der Waals surface area (Å²) in [5.41, 5.74) is 0. The Kier molecular flexibility index (Phi) is 58.5. The van der Waals surface area contributed by atoms with Crippen molar-refractivity contribution in [2.24, 2.45) is 0 Å². The number of ether oxygens (including phenoxy) is 4. The van der Waals surface area contributed by atoms with Gasteiger partial charge in [0.05, 0.1) is 32.0 Å². The molecule has 0 saturated carbocycles.